The number of benzene rings is 2. The van der Waals surface area contributed by atoms with Crippen molar-refractivity contribution in [3.8, 4) is 22.6 Å². The van der Waals surface area contributed by atoms with Crippen molar-refractivity contribution < 1.29 is 4.79 Å². The Kier molecular flexibility index (Phi) is 3.65. The molecule has 0 aliphatic rings. The van der Waals surface area contributed by atoms with Crippen molar-refractivity contribution in [3.63, 3.8) is 0 Å². The van der Waals surface area contributed by atoms with E-state index < -0.39 is 0 Å². The number of imidazole rings is 1. The molecular weight excluding hydrogens is 310 g/mol. The van der Waals surface area contributed by atoms with Crippen LogP contribution in [0.15, 0.2) is 66.7 Å². The van der Waals surface area contributed by atoms with E-state index in [1.165, 1.54) is 0 Å². The Balaban J connectivity index is 2.00. The number of pyridine rings is 1. The number of fused-ring (bicyclic) bond motifs is 1. The number of hydrogen-bond acceptors (Lipinski definition) is 3. The van der Waals surface area contributed by atoms with Crippen LogP contribution in [0.25, 0.3) is 33.8 Å². The number of rotatable bonds is 3. The Morgan fingerprint density at radius 2 is 1.48 bits per heavy atom. The number of ketones is 1. The van der Waals surface area contributed by atoms with Gasteiger partial charge in [-0.1, -0.05) is 60.7 Å². The Morgan fingerprint density at radius 3 is 2.08 bits per heavy atom. The molecule has 0 aliphatic heterocycles. The average molecular weight is 327 g/mol. The second-order valence-electron chi connectivity index (χ2n) is 6.01. The van der Waals surface area contributed by atoms with Gasteiger partial charge in [-0.15, -0.1) is 0 Å². The number of aryl methyl sites for hydroxylation is 1. The minimum Gasteiger partial charge on any atom is -0.312 e. The fraction of sp³-hybridized carbons (Fsp3) is 0.0952. The zero-order chi connectivity index (χ0) is 17.4. The smallest absolute Gasteiger partial charge is 0.162 e. The zero-order valence-corrected chi connectivity index (χ0v) is 14.1. The second-order valence-corrected chi connectivity index (χ2v) is 6.01. The molecule has 0 amide bonds. The standard InChI is InChI=1S/C21H17N3O/c1-14(25)17-13-18-21(23-19(17)15-9-5-3-6-10-15)24(2)20(22-18)16-11-7-4-8-12-16/h3-13H,1-2H3. The molecule has 0 saturated carbocycles. The topological polar surface area (TPSA) is 47.8 Å². The molecule has 0 bridgehead atoms. The predicted octanol–water partition coefficient (Wildman–Crippen LogP) is 4.50. The first-order valence-corrected chi connectivity index (χ1v) is 8.14. The molecule has 0 fully saturated rings. The summed E-state index contributed by atoms with van der Waals surface area (Å²) in [5, 5.41) is 0. The van der Waals surface area contributed by atoms with Gasteiger partial charge in [0.15, 0.2) is 11.4 Å². The van der Waals surface area contributed by atoms with E-state index in [9.17, 15) is 4.79 Å². The Bertz CT molecular complexity index is 1070. The molecule has 4 aromatic rings. The summed E-state index contributed by atoms with van der Waals surface area (Å²) in [6, 6.07) is 21.6. The lowest BCUT2D eigenvalue weighted by atomic mass is 10.0. The van der Waals surface area contributed by atoms with Gasteiger partial charge in [0.25, 0.3) is 0 Å². The van der Waals surface area contributed by atoms with E-state index in [0.717, 1.165) is 28.1 Å². The van der Waals surface area contributed by atoms with Crippen molar-refractivity contribution in [2.24, 2.45) is 7.05 Å². The summed E-state index contributed by atoms with van der Waals surface area (Å²) >= 11 is 0. The van der Waals surface area contributed by atoms with Crippen molar-refractivity contribution in [2.45, 2.75) is 6.92 Å². The van der Waals surface area contributed by atoms with E-state index >= 15 is 0 Å². The molecule has 2 aromatic heterocycles. The van der Waals surface area contributed by atoms with E-state index in [1.54, 1.807) is 6.92 Å². The van der Waals surface area contributed by atoms with Gasteiger partial charge in [-0.25, -0.2) is 9.97 Å². The number of hydrogen-bond donors (Lipinski definition) is 0. The average Bonchev–Trinajstić information content (AvgIpc) is 2.98. The van der Waals surface area contributed by atoms with Crippen LogP contribution in [0, 0.1) is 0 Å². The van der Waals surface area contributed by atoms with Crippen LogP contribution in [0.3, 0.4) is 0 Å². The molecule has 0 atom stereocenters. The highest BCUT2D eigenvalue weighted by molar-refractivity contribution is 6.02. The maximum atomic E-state index is 12.2. The summed E-state index contributed by atoms with van der Waals surface area (Å²) in [5.41, 5.74) is 4.74. The summed E-state index contributed by atoms with van der Waals surface area (Å²) in [7, 11) is 1.95. The first-order valence-electron chi connectivity index (χ1n) is 8.14. The van der Waals surface area contributed by atoms with Crippen LogP contribution in [0.1, 0.15) is 17.3 Å². The molecular formula is C21H17N3O. The number of carbonyl (C=O) groups excluding carboxylic acids is 1. The van der Waals surface area contributed by atoms with Gasteiger partial charge in [-0.2, -0.15) is 0 Å². The third-order valence-electron chi connectivity index (χ3n) is 4.30. The van der Waals surface area contributed by atoms with E-state index in [1.807, 2.05) is 78.3 Å². The van der Waals surface area contributed by atoms with Crippen molar-refractivity contribution in [3.05, 3.63) is 72.3 Å². The van der Waals surface area contributed by atoms with Crippen molar-refractivity contribution in [2.75, 3.05) is 0 Å². The van der Waals surface area contributed by atoms with Gasteiger partial charge in [0.05, 0.1) is 5.69 Å². The van der Waals surface area contributed by atoms with Crippen molar-refractivity contribution >= 4 is 16.9 Å². The Labute approximate surface area is 145 Å². The monoisotopic (exact) mass is 327 g/mol. The highest BCUT2D eigenvalue weighted by Gasteiger charge is 2.17. The molecule has 0 N–H and O–H groups in total. The highest BCUT2D eigenvalue weighted by Crippen LogP contribution is 2.28. The van der Waals surface area contributed by atoms with Crippen LogP contribution in [-0.4, -0.2) is 20.3 Å². The molecule has 4 nitrogen and oxygen atoms in total. The molecule has 0 aliphatic carbocycles. The molecule has 0 spiro atoms. The van der Waals surface area contributed by atoms with Gasteiger partial charge in [0.1, 0.15) is 11.3 Å². The summed E-state index contributed by atoms with van der Waals surface area (Å²) in [4.78, 5) is 21.7. The summed E-state index contributed by atoms with van der Waals surface area (Å²) in [5.74, 6) is 0.822. The minimum atomic E-state index is -0.0137. The largest absolute Gasteiger partial charge is 0.312 e. The summed E-state index contributed by atoms with van der Waals surface area (Å²) in [6.07, 6.45) is 0. The first kappa shape index (κ1) is 15.3. The quantitative estimate of drug-likeness (QED) is 0.520. The van der Waals surface area contributed by atoms with E-state index in [2.05, 4.69) is 0 Å². The van der Waals surface area contributed by atoms with Crippen LogP contribution >= 0.6 is 0 Å². The van der Waals surface area contributed by atoms with E-state index in [0.29, 0.717) is 11.3 Å². The number of aromatic nitrogens is 3. The highest BCUT2D eigenvalue weighted by atomic mass is 16.1. The van der Waals surface area contributed by atoms with Gasteiger partial charge >= 0.3 is 0 Å². The van der Waals surface area contributed by atoms with Gasteiger partial charge in [-0.3, -0.25) is 4.79 Å². The molecule has 4 heteroatoms. The third kappa shape index (κ3) is 2.62. The van der Waals surface area contributed by atoms with E-state index in [4.69, 9.17) is 9.97 Å². The molecule has 4 rings (SSSR count). The van der Waals surface area contributed by atoms with Crippen LogP contribution in [0.2, 0.25) is 0 Å². The fourth-order valence-electron chi connectivity index (χ4n) is 3.04. The molecule has 0 unspecified atom stereocenters. The van der Waals surface area contributed by atoms with Crippen LogP contribution in [-0.2, 0) is 7.05 Å². The van der Waals surface area contributed by atoms with Crippen molar-refractivity contribution in [1.29, 1.82) is 0 Å². The Morgan fingerprint density at radius 1 is 0.880 bits per heavy atom. The van der Waals surface area contributed by atoms with Crippen LogP contribution in [0.5, 0.6) is 0 Å². The first-order chi connectivity index (χ1) is 12.1. The van der Waals surface area contributed by atoms with Crippen molar-refractivity contribution in [1.82, 2.24) is 14.5 Å². The van der Waals surface area contributed by atoms with Gasteiger partial charge in [0, 0.05) is 23.7 Å². The lowest BCUT2D eigenvalue weighted by molar-refractivity contribution is 0.101. The van der Waals surface area contributed by atoms with Gasteiger partial charge in [-0.05, 0) is 13.0 Å². The molecule has 122 valence electrons. The fourth-order valence-corrected chi connectivity index (χ4v) is 3.04. The lowest BCUT2D eigenvalue weighted by Crippen LogP contribution is -2.01. The lowest BCUT2D eigenvalue weighted by Gasteiger charge is -2.07. The maximum Gasteiger partial charge on any atom is 0.162 e. The van der Waals surface area contributed by atoms with E-state index in [-0.39, 0.29) is 5.78 Å². The number of Topliss-reactive ketones (excluding diaryl/α,β-unsaturated/α-hetero) is 1. The SMILES string of the molecule is CC(=O)c1cc2nc(-c3ccccc3)n(C)c2nc1-c1ccccc1. The number of carbonyl (C=O) groups is 1. The minimum absolute atomic E-state index is 0.0137. The maximum absolute atomic E-state index is 12.2. The van der Waals surface area contributed by atoms with Crippen LogP contribution < -0.4 is 0 Å². The predicted molar refractivity (Wildman–Crippen MR) is 99.4 cm³/mol. The Hall–Kier alpha value is -3.27. The molecule has 0 radical (unpaired) electrons. The molecule has 2 heterocycles. The van der Waals surface area contributed by atoms with Gasteiger partial charge in [0.2, 0.25) is 0 Å². The molecule has 2 aromatic carbocycles. The number of nitrogens with zero attached hydrogens (tertiary/aromatic N) is 3. The second kappa shape index (κ2) is 5.98. The molecule has 0 saturated heterocycles. The van der Waals surface area contributed by atoms with Gasteiger partial charge < -0.3 is 4.57 Å². The summed E-state index contributed by atoms with van der Waals surface area (Å²) in [6.45, 7) is 1.57. The third-order valence-corrected chi connectivity index (χ3v) is 4.30. The normalized spacial score (nSPS) is 11.0. The zero-order valence-electron chi connectivity index (χ0n) is 14.1. The molecule has 25 heavy (non-hydrogen) atoms. The van der Waals surface area contributed by atoms with Crippen LogP contribution in [0.4, 0.5) is 0 Å². The summed E-state index contributed by atoms with van der Waals surface area (Å²) < 4.78 is 1.97.